The molecule has 6 heteroatoms. The van der Waals surface area contributed by atoms with Crippen molar-refractivity contribution in [3.05, 3.63) is 121 Å². The van der Waals surface area contributed by atoms with Gasteiger partial charge in [-0.25, -0.2) is 14.1 Å². The molecule has 3 aromatic heterocycles. The summed E-state index contributed by atoms with van der Waals surface area (Å²) in [5.74, 6) is 1.29. The van der Waals surface area contributed by atoms with Crippen LogP contribution in [0.1, 0.15) is 29.4 Å². The van der Waals surface area contributed by atoms with Crippen molar-refractivity contribution in [1.29, 1.82) is 0 Å². The number of imidazole rings is 1. The van der Waals surface area contributed by atoms with E-state index >= 15 is 0 Å². The second-order valence-corrected chi connectivity index (χ2v) is 15.8. The maximum atomic E-state index is 8.07. The second kappa shape index (κ2) is 10.8. The van der Waals surface area contributed by atoms with Crippen LogP contribution in [0, 0.1) is 12.1 Å². The van der Waals surface area contributed by atoms with Crippen LogP contribution in [0.2, 0.25) is 13.1 Å². The van der Waals surface area contributed by atoms with Gasteiger partial charge in [0.05, 0.1) is 8.07 Å². The molecule has 0 aliphatic rings. The molecule has 0 bridgehead atoms. The summed E-state index contributed by atoms with van der Waals surface area (Å²) in [6, 6.07) is 38.5. The second-order valence-electron chi connectivity index (χ2n) is 11.5. The number of nitrogens with zero attached hydrogens (tertiary/aromatic N) is 4. The first kappa shape index (κ1) is 24.8. The molecule has 0 amide bonds. The summed E-state index contributed by atoms with van der Waals surface area (Å²) in [6.07, 6.45) is 3.56. The van der Waals surface area contributed by atoms with Gasteiger partial charge in [0.25, 0.3) is 0 Å². The van der Waals surface area contributed by atoms with Crippen LogP contribution < -0.4 is 10.4 Å². The Labute approximate surface area is 266 Å². The summed E-state index contributed by atoms with van der Waals surface area (Å²) < 4.78 is 29.7. The van der Waals surface area contributed by atoms with Crippen LogP contribution in [0.25, 0.3) is 44.3 Å². The molecule has 0 atom stereocenters. The molecule has 0 spiro atoms. The van der Waals surface area contributed by atoms with Gasteiger partial charge in [0.15, 0.2) is 17.4 Å². The number of hydrogen-bond acceptors (Lipinski definition) is 1. The molecule has 0 saturated heterocycles. The first-order chi connectivity index (χ1) is 21.0. The minimum Gasteiger partial charge on any atom is -0.319 e. The number of aromatic nitrogens is 4. The van der Waals surface area contributed by atoms with Crippen LogP contribution in [-0.2, 0) is 28.0 Å². The van der Waals surface area contributed by atoms with Gasteiger partial charge in [0.2, 0.25) is 0 Å². The van der Waals surface area contributed by atoms with E-state index in [1.807, 2.05) is 47.2 Å². The van der Waals surface area contributed by atoms with E-state index in [1.54, 1.807) is 6.33 Å². The van der Waals surface area contributed by atoms with E-state index in [9.17, 15) is 0 Å². The summed E-state index contributed by atoms with van der Waals surface area (Å²) in [6.45, 7) is 6.76. The van der Waals surface area contributed by atoms with Crippen molar-refractivity contribution in [2.75, 3.05) is 0 Å². The summed E-state index contributed by atoms with van der Waals surface area (Å²) in [5, 5.41) is 4.61. The fraction of sp³-hybridized carbons (Fsp3) is 0.167. The van der Waals surface area contributed by atoms with E-state index in [0.29, 0.717) is 11.4 Å². The van der Waals surface area contributed by atoms with Gasteiger partial charge < -0.3 is 4.57 Å². The smallest absolute Gasteiger partial charge is 0.188 e. The molecule has 0 unspecified atom stereocenters. The van der Waals surface area contributed by atoms with Crippen LogP contribution in [0.3, 0.4) is 0 Å². The molecule has 212 valence electrons. The van der Waals surface area contributed by atoms with Crippen molar-refractivity contribution in [3.8, 4) is 11.5 Å². The Hall–Kier alpha value is -3.79. The molecule has 0 radical (unpaired) electrons. The average Bonchev–Trinajstić information content (AvgIpc) is 3.58. The predicted octanol–water partition coefficient (Wildman–Crippen LogP) is 7.29. The van der Waals surface area contributed by atoms with E-state index < -0.39 is 15.0 Å². The van der Waals surface area contributed by atoms with Crippen molar-refractivity contribution >= 4 is 51.3 Å². The van der Waals surface area contributed by atoms with Gasteiger partial charge in [0.1, 0.15) is 5.82 Å². The SMILES string of the molecule is [2H]C([2H])([2H])n1[cH+]n(-c2[c-]c([Si](C)(C)c3[c-]c4c(cc3)c3ccccc3n4-c3cc(C(C)C)ccn3)ccc2)c2ccccc21.[Pt]. The quantitative estimate of drug-likeness (QED) is 0.134. The van der Waals surface area contributed by atoms with Gasteiger partial charge in [-0.1, -0.05) is 50.7 Å². The van der Waals surface area contributed by atoms with E-state index in [-0.39, 0.29) is 21.1 Å². The third-order valence-corrected chi connectivity index (χ3v) is 11.5. The fourth-order valence-electron chi connectivity index (χ4n) is 5.82. The van der Waals surface area contributed by atoms with Gasteiger partial charge in [-0.2, -0.15) is 40.7 Å². The molecule has 0 saturated carbocycles. The first-order valence-corrected chi connectivity index (χ1v) is 17.0. The fourth-order valence-corrected chi connectivity index (χ4v) is 8.00. The molecule has 4 aromatic carbocycles. The Morgan fingerprint density at radius 3 is 2.33 bits per heavy atom. The third kappa shape index (κ3) is 4.56. The van der Waals surface area contributed by atoms with E-state index in [4.69, 9.17) is 9.10 Å². The maximum Gasteiger partial charge on any atom is 0.188 e. The zero-order chi connectivity index (χ0) is 30.8. The Balaban J connectivity index is 0.00000357. The zero-order valence-electron chi connectivity index (χ0n) is 27.0. The van der Waals surface area contributed by atoms with Crippen LogP contribution in [0.5, 0.6) is 0 Å². The molecule has 42 heavy (non-hydrogen) atoms. The largest absolute Gasteiger partial charge is 0.319 e. The summed E-state index contributed by atoms with van der Waals surface area (Å²) >= 11 is 0. The van der Waals surface area contributed by atoms with Crippen LogP contribution in [-0.4, -0.2) is 26.8 Å². The molecule has 0 fully saturated rings. The van der Waals surface area contributed by atoms with Crippen LogP contribution in [0.15, 0.2) is 104 Å². The minimum atomic E-state index is -2.31. The average molecular weight is 748 g/mol. The monoisotopic (exact) mass is 747 g/mol. The number of rotatable bonds is 5. The van der Waals surface area contributed by atoms with Crippen LogP contribution >= 0.6 is 0 Å². The Kier molecular flexibility index (Phi) is 6.37. The number of benzene rings is 4. The summed E-state index contributed by atoms with van der Waals surface area (Å²) in [5.41, 5.74) is 5.67. The molecule has 7 aromatic rings. The number of pyridine rings is 1. The molecular weight excluding hydrogens is 712 g/mol. The molecule has 3 heterocycles. The molecule has 0 aliphatic carbocycles. The van der Waals surface area contributed by atoms with Crippen molar-refractivity contribution in [2.45, 2.75) is 32.9 Å². The Morgan fingerprint density at radius 1 is 0.810 bits per heavy atom. The van der Waals surface area contributed by atoms with E-state index in [2.05, 4.69) is 98.2 Å². The van der Waals surface area contributed by atoms with Gasteiger partial charge in [-0.05, 0) is 47.2 Å². The van der Waals surface area contributed by atoms with Crippen LogP contribution in [0.4, 0.5) is 0 Å². The molecular formula is C36H33N4PtSi-. The van der Waals surface area contributed by atoms with Crippen molar-refractivity contribution in [3.63, 3.8) is 0 Å². The molecule has 7 rings (SSSR count). The van der Waals surface area contributed by atoms with Gasteiger partial charge in [-0.15, -0.1) is 17.5 Å². The summed E-state index contributed by atoms with van der Waals surface area (Å²) in [7, 11) is -2.31. The predicted molar refractivity (Wildman–Crippen MR) is 174 cm³/mol. The Bertz CT molecular complexity index is 2200. The molecule has 0 aliphatic heterocycles. The number of para-hydroxylation sites is 3. The van der Waals surface area contributed by atoms with Gasteiger partial charge in [-0.3, -0.25) is 0 Å². The number of aryl methyl sites for hydroxylation is 1. The summed E-state index contributed by atoms with van der Waals surface area (Å²) in [4.78, 5) is 4.81. The van der Waals surface area contributed by atoms with Crippen molar-refractivity contribution < 1.29 is 25.2 Å². The first-order valence-electron chi connectivity index (χ1n) is 15.5. The van der Waals surface area contributed by atoms with Gasteiger partial charge in [0, 0.05) is 61.7 Å². The van der Waals surface area contributed by atoms with Crippen molar-refractivity contribution in [2.24, 2.45) is 6.98 Å². The van der Waals surface area contributed by atoms with E-state index in [1.165, 1.54) is 15.5 Å². The number of hydrogen-bond donors (Lipinski definition) is 0. The van der Waals surface area contributed by atoms with Gasteiger partial charge >= 0.3 is 0 Å². The third-order valence-electron chi connectivity index (χ3n) is 8.27. The van der Waals surface area contributed by atoms with Crippen molar-refractivity contribution in [1.82, 2.24) is 18.7 Å². The molecule has 4 nitrogen and oxygen atoms in total. The Morgan fingerprint density at radius 2 is 1.55 bits per heavy atom. The molecule has 0 N–H and O–H groups in total. The zero-order valence-corrected chi connectivity index (χ0v) is 27.3. The maximum absolute atomic E-state index is 8.07. The number of fused-ring (bicyclic) bond motifs is 4. The standard InChI is InChI=1S/C36H33N4Si.Pt/c1-25(2)26-19-20-37-36(21-26)40-32-14-7-6-13-30(32)31-18-17-29(23-35(31)40)41(4,5)28-12-10-11-27(22-28)39-24-38(3)33-15-8-9-16-34(33)39;/h6-21,24-25H,1-5H3;/q-1;/i3D3;. The minimum absolute atomic E-state index is 0. The van der Waals surface area contributed by atoms with E-state index in [0.717, 1.165) is 43.8 Å². The topological polar surface area (TPSA) is 27.7 Å². The normalized spacial score (nSPS) is 13.3.